The molecule has 2 aromatic rings. The summed E-state index contributed by atoms with van der Waals surface area (Å²) in [5.74, 6) is -1.27. The lowest BCUT2D eigenvalue weighted by molar-refractivity contribution is -0.141. The Labute approximate surface area is 175 Å². The van der Waals surface area contributed by atoms with Gasteiger partial charge in [0.15, 0.2) is 5.69 Å². The van der Waals surface area contributed by atoms with E-state index in [-0.39, 0.29) is 17.3 Å². The van der Waals surface area contributed by atoms with Crippen molar-refractivity contribution in [3.8, 4) is 0 Å². The van der Waals surface area contributed by atoms with Gasteiger partial charge in [-0.15, -0.1) is 0 Å². The number of aromatic nitrogens is 2. The van der Waals surface area contributed by atoms with Crippen LogP contribution in [0.4, 0.5) is 23.2 Å². The highest BCUT2D eigenvalue weighted by Gasteiger charge is 2.38. The van der Waals surface area contributed by atoms with Crippen LogP contribution < -0.4 is 11.1 Å². The van der Waals surface area contributed by atoms with Crippen LogP contribution in [0.5, 0.6) is 0 Å². The van der Waals surface area contributed by atoms with Crippen LogP contribution in [-0.4, -0.2) is 21.4 Å². The predicted molar refractivity (Wildman–Crippen MR) is 106 cm³/mol. The van der Waals surface area contributed by atoms with Gasteiger partial charge in [-0.3, -0.25) is 14.5 Å². The van der Waals surface area contributed by atoms with Crippen LogP contribution in [0.25, 0.3) is 0 Å². The molecule has 3 N–H and O–H groups in total. The van der Waals surface area contributed by atoms with Crippen molar-refractivity contribution >= 4 is 28.9 Å². The number of hydrogen-bond donors (Lipinski definition) is 2. The molecule has 0 aliphatic carbocycles. The van der Waals surface area contributed by atoms with E-state index < -0.39 is 35.2 Å². The molecule has 0 saturated carbocycles. The Kier molecular flexibility index (Phi) is 7.25. The van der Waals surface area contributed by atoms with Crippen molar-refractivity contribution in [3.05, 3.63) is 58.4 Å². The summed E-state index contributed by atoms with van der Waals surface area (Å²) < 4.78 is 52.8. The van der Waals surface area contributed by atoms with Gasteiger partial charge in [0.05, 0.1) is 27.8 Å². The standard InChI is InChI=1S/C19H20ClF4N5O/c1-10(2)17(26-13-6-4-12(21)5-7-13)14(8-25)27-15(30)9-29-11(3)16(20)18(28-29)19(22,23)24/h4-8,10H,9,25H2,1-3H3,(H,27,30). The highest BCUT2D eigenvalue weighted by molar-refractivity contribution is 6.32. The summed E-state index contributed by atoms with van der Waals surface area (Å²) in [6, 6.07) is 5.40. The lowest BCUT2D eigenvalue weighted by Gasteiger charge is -2.16. The minimum Gasteiger partial charge on any atom is -0.403 e. The molecule has 1 heterocycles. The number of carbonyl (C=O) groups excluding carboxylic acids is 1. The molecular weight excluding hydrogens is 426 g/mol. The topological polar surface area (TPSA) is 85.3 Å². The van der Waals surface area contributed by atoms with E-state index in [1.54, 1.807) is 0 Å². The molecule has 6 nitrogen and oxygen atoms in total. The monoisotopic (exact) mass is 445 g/mol. The summed E-state index contributed by atoms with van der Waals surface area (Å²) in [5, 5.41) is 5.36. The quantitative estimate of drug-likeness (QED) is 0.512. The largest absolute Gasteiger partial charge is 0.436 e. The van der Waals surface area contributed by atoms with Crippen molar-refractivity contribution in [2.75, 3.05) is 0 Å². The average Bonchev–Trinajstić information content (AvgIpc) is 2.94. The molecule has 0 saturated heterocycles. The van der Waals surface area contributed by atoms with Gasteiger partial charge in [0.1, 0.15) is 12.4 Å². The fourth-order valence-corrected chi connectivity index (χ4v) is 2.77. The van der Waals surface area contributed by atoms with Crippen molar-refractivity contribution in [1.29, 1.82) is 0 Å². The Hall–Kier alpha value is -2.88. The minimum atomic E-state index is -4.74. The van der Waals surface area contributed by atoms with Gasteiger partial charge in [0, 0.05) is 6.20 Å². The third kappa shape index (κ3) is 5.59. The number of aliphatic imine (C=N–C) groups is 1. The van der Waals surface area contributed by atoms with Gasteiger partial charge in [0.25, 0.3) is 0 Å². The van der Waals surface area contributed by atoms with E-state index in [1.807, 2.05) is 13.8 Å². The smallest absolute Gasteiger partial charge is 0.403 e. The van der Waals surface area contributed by atoms with E-state index >= 15 is 0 Å². The lowest BCUT2D eigenvalue weighted by atomic mass is 10.0. The highest BCUT2D eigenvalue weighted by Crippen LogP contribution is 2.35. The number of rotatable bonds is 6. The first-order valence-electron chi connectivity index (χ1n) is 8.80. The molecule has 1 aromatic heterocycles. The molecule has 1 amide bonds. The van der Waals surface area contributed by atoms with E-state index in [0.29, 0.717) is 11.4 Å². The van der Waals surface area contributed by atoms with Crippen molar-refractivity contribution in [1.82, 2.24) is 15.1 Å². The lowest BCUT2D eigenvalue weighted by Crippen LogP contribution is -2.33. The second kappa shape index (κ2) is 9.29. The number of allylic oxidation sites excluding steroid dienone is 1. The zero-order valence-electron chi connectivity index (χ0n) is 16.4. The van der Waals surface area contributed by atoms with E-state index in [1.165, 1.54) is 31.2 Å². The van der Waals surface area contributed by atoms with Crippen LogP contribution in [0.3, 0.4) is 0 Å². The fraction of sp³-hybridized carbons (Fsp3) is 0.316. The minimum absolute atomic E-state index is 0.00137. The second-order valence-electron chi connectivity index (χ2n) is 6.66. The maximum absolute atomic E-state index is 13.1. The highest BCUT2D eigenvalue weighted by atomic mass is 35.5. The molecule has 0 aliphatic heterocycles. The van der Waals surface area contributed by atoms with Gasteiger partial charge in [0.2, 0.25) is 5.91 Å². The molecule has 30 heavy (non-hydrogen) atoms. The Bertz CT molecular complexity index is 978. The number of nitrogens with two attached hydrogens (primary N) is 1. The molecule has 0 atom stereocenters. The van der Waals surface area contributed by atoms with Crippen molar-refractivity contribution in [2.24, 2.45) is 16.6 Å². The SMILES string of the molecule is Cc1c(Cl)c(C(F)(F)F)nn1CC(=O)NC(=CN)C(=Nc1ccc(F)cc1)C(C)C. The first-order valence-corrected chi connectivity index (χ1v) is 9.18. The zero-order chi connectivity index (χ0) is 22.6. The Morgan fingerprint density at radius 2 is 1.93 bits per heavy atom. The van der Waals surface area contributed by atoms with Crippen LogP contribution in [0.2, 0.25) is 5.02 Å². The van der Waals surface area contributed by atoms with Crippen LogP contribution in [0, 0.1) is 18.7 Å². The molecule has 0 fully saturated rings. The molecule has 0 spiro atoms. The van der Waals surface area contributed by atoms with Crippen molar-refractivity contribution in [3.63, 3.8) is 0 Å². The van der Waals surface area contributed by atoms with Crippen LogP contribution in [-0.2, 0) is 17.5 Å². The molecule has 11 heteroatoms. The average molecular weight is 446 g/mol. The van der Waals surface area contributed by atoms with Crippen LogP contribution >= 0.6 is 11.6 Å². The van der Waals surface area contributed by atoms with Crippen molar-refractivity contribution in [2.45, 2.75) is 33.5 Å². The number of carbonyl (C=O) groups is 1. The first-order chi connectivity index (χ1) is 13.9. The zero-order valence-corrected chi connectivity index (χ0v) is 17.1. The van der Waals surface area contributed by atoms with Crippen LogP contribution in [0.15, 0.2) is 41.2 Å². The van der Waals surface area contributed by atoms with Gasteiger partial charge in [-0.2, -0.15) is 18.3 Å². The second-order valence-corrected chi connectivity index (χ2v) is 7.04. The summed E-state index contributed by atoms with van der Waals surface area (Å²) in [4.78, 5) is 16.8. The van der Waals surface area contributed by atoms with E-state index in [9.17, 15) is 22.4 Å². The number of alkyl halides is 3. The number of amides is 1. The normalized spacial score (nSPS) is 13.1. The Morgan fingerprint density at radius 3 is 2.40 bits per heavy atom. The third-order valence-corrected chi connectivity index (χ3v) is 4.49. The van der Waals surface area contributed by atoms with E-state index in [4.69, 9.17) is 17.3 Å². The first kappa shape index (κ1) is 23.4. The number of benzene rings is 1. The third-order valence-electron chi connectivity index (χ3n) is 4.04. The number of halogens is 5. The van der Waals surface area contributed by atoms with Crippen LogP contribution in [0.1, 0.15) is 25.2 Å². The van der Waals surface area contributed by atoms with E-state index in [0.717, 1.165) is 10.9 Å². The Morgan fingerprint density at radius 1 is 1.33 bits per heavy atom. The summed E-state index contributed by atoms with van der Waals surface area (Å²) in [6.07, 6.45) is -3.61. The summed E-state index contributed by atoms with van der Waals surface area (Å²) >= 11 is 5.70. The molecule has 0 unspecified atom stereocenters. The van der Waals surface area contributed by atoms with Gasteiger partial charge < -0.3 is 11.1 Å². The van der Waals surface area contributed by atoms with Gasteiger partial charge in [-0.1, -0.05) is 25.4 Å². The predicted octanol–water partition coefficient (Wildman–Crippen LogP) is 4.35. The maximum Gasteiger partial charge on any atom is 0.436 e. The number of nitrogens with one attached hydrogen (secondary N) is 1. The van der Waals surface area contributed by atoms with Gasteiger partial charge in [-0.25, -0.2) is 4.39 Å². The Balaban J connectivity index is 2.24. The molecule has 1 aromatic carbocycles. The number of nitrogens with zero attached hydrogens (tertiary/aromatic N) is 3. The van der Waals surface area contributed by atoms with Gasteiger partial charge >= 0.3 is 6.18 Å². The molecule has 0 bridgehead atoms. The molecule has 0 aliphatic rings. The van der Waals surface area contributed by atoms with E-state index in [2.05, 4.69) is 15.4 Å². The molecule has 2 rings (SSSR count). The van der Waals surface area contributed by atoms with Gasteiger partial charge in [-0.05, 0) is 37.1 Å². The molecular formula is C19H20ClF4N5O. The number of hydrogen-bond acceptors (Lipinski definition) is 4. The maximum atomic E-state index is 13.1. The molecule has 162 valence electrons. The summed E-state index contributed by atoms with van der Waals surface area (Å²) in [6.45, 7) is 4.43. The summed E-state index contributed by atoms with van der Waals surface area (Å²) in [5.41, 5.74) is 5.40. The van der Waals surface area contributed by atoms with Crippen molar-refractivity contribution < 1.29 is 22.4 Å². The molecule has 0 radical (unpaired) electrons. The fourth-order valence-electron chi connectivity index (χ4n) is 2.53. The summed E-state index contributed by atoms with van der Waals surface area (Å²) in [7, 11) is 0.